The molecule has 0 spiro atoms. The Bertz CT molecular complexity index is 488. The van der Waals surface area contributed by atoms with Gasteiger partial charge in [-0.1, -0.05) is 12.1 Å². The second-order valence-corrected chi connectivity index (χ2v) is 3.98. The molecule has 1 aromatic heterocycles. The van der Waals surface area contributed by atoms with E-state index in [0.29, 0.717) is 11.1 Å². The molecule has 4 heteroatoms. The molecule has 0 saturated heterocycles. The smallest absolute Gasteiger partial charge is 0.123 e. The fraction of sp³-hybridized carbons (Fsp3) is 0.250. The maximum absolute atomic E-state index is 12.8. The lowest BCUT2D eigenvalue weighted by atomic mass is 9.90. The highest BCUT2D eigenvalue weighted by atomic mass is 19.1. The first-order valence-electron chi connectivity index (χ1n) is 4.97. The number of hydrogen-bond acceptors (Lipinski definition) is 2. The van der Waals surface area contributed by atoms with Crippen molar-refractivity contribution in [1.82, 2.24) is 9.78 Å². The predicted octanol–water partition coefficient (Wildman–Crippen LogP) is 1.81. The summed E-state index contributed by atoms with van der Waals surface area (Å²) in [5.41, 5.74) is 0.172. The van der Waals surface area contributed by atoms with Crippen molar-refractivity contribution in [3.63, 3.8) is 0 Å². The molecule has 1 N–H and O–H groups in total. The summed E-state index contributed by atoms with van der Waals surface area (Å²) in [5.74, 6) is -0.314. The number of rotatable bonds is 2. The number of aliphatic hydroxyl groups is 1. The fourth-order valence-electron chi connectivity index (χ4n) is 1.61. The number of benzene rings is 1. The first kappa shape index (κ1) is 10.8. The Kier molecular flexibility index (Phi) is 2.52. The van der Waals surface area contributed by atoms with E-state index >= 15 is 0 Å². The molecular formula is C12H13FN2O. The molecule has 2 rings (SSSR count). The van der Waals surface area contributed by atoms with Gasteiger partial charge in [-0.2, -0.15) is 5.10 Å². The van der Waals surface area contributed by atoms with Gasteiger partial charge < -0.3 is 5.11 Å². The van der Waals surface area contributed by atoms with Crippen LogP contribution >= 0.6 is 0 Å². The summed E-state index contributed by atoms with van der Waals surface area (Å²) in [4.78, 5) is 0. The van der Waals surface area contributed by atoms with Crippen LogP contribution in [-0.2, 0) is 12.6 Å². The van der Waals surface area contributed by atoms with Gasteiger partial charge in [0.05, 0.1) is 6.20 Å². The van der Waals surface area contributed by atoms with E-state index in [0.717, 1.165) is 0 Å². The lowest BCUT2D eigenvalue weighted by Crippen LogP contribution is -2.22. The summed E-state index contributed by atoms with van der Waals surface area (Å²) in [6.45, 7) is 1.66. The van der Waals surface area contributed by atoms with E-state index in [9.17, 15) is 9.50 Å². The van der Waals surface area contributed by atoms with Crippen LogP contribution in [0.2, 0.25) is 0 Å². The summed E-state index contributed by atoms with van der Waals surface area (Å²) >= 11 is 0. The molecule has 0 fully saturated rings. The van der Waals surface area contributed by atoms with Crippen LogP contribution in [0.4, 0.5) is 4.39 Å². The lowest BCUT2D eigenvalue weighted by molar-refractivity contribution is 0.102. The van der Waals surface area contributed by atoms with Crippen LogP contribution in [-0.4, -0.2) is 14.9 Å². The first-order valence-corrected chi connectivity index (χ1v) is 4.97. The van der Waals surface area contributed by atoms with Gasteiger partial charge in [0.2, 0.25) is 0 Å². The van der Waals surface area contributed by atoms with Gasteiger partial charge in [0, 0.05) is 18.8 Å². The van der Waals surface area contributed by atoms with Crippen LogP contribution < -0.4 is 0 Å². The van der Waals surface area contributed by atoms with Gasteiger partial charge in [-0.25, -0.2) is 4.39 Å². The van der Waals surface area contributed by atoms with Gasteiger partial charge in [0.1, 0.15) is 11.4 Å². The summed E-state index contributed by atoms with van der Waals surface area (Å²) in [5, 5.41) is 14.4. The highest BCUT2D eigenvalue weighted by molar-refractivity contribution is 5.32. The Hall–Kier alpha value is -1.68. The van der Waals surface area contributed by atoms with E-state index < -0.39 is 5.60 Å². The van der Waals surface area contributed by atoms with Crippen molar-refractivity contribution < 1.29 is 9.50 Å². The Labute approximate surface area is 93.2 Å². The van der Waals surface area contributed by atoms with E-state index in [1.165, 1.54) is 12.1 Å². The molecule has 0 saturated carbocycles. The van der Waals surface area contributed by atoms with Crippen LogP contribution in [0.1, 0.15) is 18.1 Å². The Morgan fingerprint density at radius 2 is 1.88 bits per heavy atom. The van der Waals surface area contributed by atoms with E-state index in [1.807, 2.05) is 0 Å². The highest BCUT2D eigenvalue weighted by Gasteiger charge is 2.26. The summed E-state index contributed by atoms with van der Waals surface area (Å²) < 4.78 is 14.4. The molecule has 16 heavy (non-hydrogen) atoms. The predicted molar refractivity (Wildman–Crippen MR) is 58.3 cm³/mol. The maximum Gasteiger partial charge on any atom is 0.123 e. The third-order valence-electron chi connectivity index (χ3n) is 2.67. The van der Waals surface area contributed by atoms with Crippen molar-refractivity contribution in [1.29, 1.82) is 0 Å². The molecule has 2 aromatic rings. The van der Waals surface area contributed by atoms with Gasteiger partial charge in [-0.05, 0) is 24.6 Å². The average molecular weight is 220 g/mol. The highest BCUT2D eigenvalue weighted by Crippen LogP contribution is 2.28. The summed E-state index contributed by atoms with van der Waals surface area (Å²) in [7, 11) is 1.78. The van der Waals surface area contributed by atoms with Crippen LogP contribution in [0.3, 0.4) is 0 Å². The topological polar surface area (TPSA) is 38.0 Å². The average Bonchev–Trinajstić information content (AvgIpc) is 2.66. The minimum atomic E-state index is -1.15. The van der Waals surface area contributed by atoms with Gasteiger partial charge in [0.15, 0.2) is 0 Å². The van der Waals surface area contributed by atoms with Crippen LogP contribution in [0, 0.1) is 5.82 Å². The minimum Gasteiger partial charge on any atom is -0.381 e. The number of aryl methyl sites for hydroxylation is 1. The molecule has 0 bridgehead atoms. The maximum atomic E-state index is 12.8. The minimum absolute atomic E-state index is 0.314. The second kappa shape index (κ2) is 3.72. The number of aromatic nitrogens is 2. The number of nitrogens with zero attached hydrogens (tertiary/aromatic N) is 2. The quantitative estimate of drug-likeness (QED) is 0.838. The van der Waals surface area contributed by atoms with Crippen LogP contribution in [0.15, 0.2) is 36.7 Å². The van der Waals surface area contributed by atoms with E-state index in [2.05, 4.69) is 5.10 Å². The Morgan fingerprint density at radius 1 is 1.25 bits per heavy atom. The van der Waals surface area contributed by atoms with Gasteiger partial charge in [-0.3, -0.25) is 4.68 Å². The largest absolute Gasteiger partial charge is 0.381 e. The SMILES string of the molecule is Cn1cc(C(C)(O)c2ccc(F)cc2)cn1. The summed E-state index contributed by atoms with van der Waals surface area (Å²) in [6, 6.07) is 5.81. The molecule has 0 aliphatic heterocycles. The van der Waals surface area contributed by atoms with E-state index in [-0.39, 0.29) is 5.82 Å². The first-order chi connectivity index (χ1) is 7.50. The normalized spacial score (nSPS) is 14.8. The molecule has 0 aliphatic rings. The molecule has 0 amide bonds. The Balaban J connectivity index is 2.42. The molecule has 3 nitrogen and oxygen atoms in total. The van der Waals surface area contributed by atoms with Crippen molar-refractivity contribution in [2.45, 2.75) is 12.5 Å². The zero-order valence-corrected chi connectivity index (χ0v) is 9.18. The van der Waals surface area contributed by atoms with Crippen molar-refractivity contribution in [2.24, 2.45) is 7.05 Å². The Morgan fingerprint density at radius 3 is 2.38 bits per heavy atom. The van der Waals surface area contributed by atoms with Crippen molar-refractivity contribution >= 4 is 0 Å². The zero-order chi connectivity index (χ0) is 11.8. The van der Waals surface area contributed by atoms with Crippen molar-refractivity contribution in [3.05, 3.63) is 53.6 Å². The lowest BCUT2D eigenvalue weighted by Gasteiger charge is -2.22. The molecule has 1 atom stereocenters. The number of hydrogen-bond donors (Lipinski definition) is 1. The third kappa shape index (κ3) is 1.84. The van der Waals surface area contributed by atoms with Crippen molar-refractivity contribution in [3.8, 4) is 0 Å². The third-order valence-corrected chi connectivity index (χ3v) is 2.67. The van der Waals surface area contributed by atoms with Crippen LogP contribution in [0.25, 0.3) is 0 Å². The fourth-order valence-corrected chi connectivity index (χ4v) is 1.61. The van der Waals surface area contributed by atoms with Gasteiger partial charge >= 0.3 is 0 Å². The van der Waals surface area contributed by atoms with Crippen LogP contribution in [0.5, 0.6) is 0 Å². The molecule has 84 valence electrons. The summed E-state index contributed by atoms with van der Waals surface area (Å²) in [6.07, 6.45) is 3.34. The molecule has 0 aliphatic carbocycles. The van der Waals surface area contributed by atoms with Gasteiger partial charge in [0.25, 0.3) is 0 Å². The van der Waals surface area contributed by atoms with Gasteiger partial charge in [-0.15, -0.1) is 0 Å². The molecule has 1 heterocycles. The van der Waals surface area contributed by atoms with Crippen molar-refractivity contribution in [2.75, 3.05) is 0 Å². The number of halogens is 1. The molecule has 1 aromatic carbocycles. The molecule has 1 unspecified atom stereocenters. The van der Waals surface area contributed by atoms with E-state index in [4.69, 9.17) is 0 Å². The zero-order valence-electron chi connectivity index (χ0n) is 9.18. The standard InChI is InChI=1S/C12H13FN2O/c1-12(16,10-7-14-15(2)8-10)9-3-5-11(13)6-4-9/h3-8,16H,1-2H3. The molecular weight excluding hydrogens is 207 g/mol. The second-order valence-electron chi connectivity index (χ2n) is 3.98. The van der Waals surface area contributed by atoms with E-state index in [1.54, 1.807) is 43.2 Å². The monoisotopic (exact) mass is 220 g/mol. The molecule has 0 radical (unpaired) electrons.